The van der Waals surface area contributed by atoms with Crippen molar-refractivity contribution in [1.82, 2.24) is 10.2 Å². The van der Waals surface area contributed by atoms with Gasteiger partial charge in [0, 0.05) is 25.9 Å². The average molecular weight is 316 g/mol. The summed E-state index contributed by atoms with van der Waals surface area (Å²) in [4.78, 5) is 33.0. The van der Waals surface area contributed by atoms with Crippen LogP contribution < -0.4 is 5.32 Å². The van der Waals surface area contributed by atoms with Crippen LogP contribution in [0.25, 0.3) is 0 Å². The minimum absolute atomic E-state index is 0.146. The monoisotopic (exact) mass is 316 g/mol. The lowest BCUT2D eigenvalue weighted by molar-refractivity contribution is -0.138. The Labute approximate surface area is 137 Å². The van der Waals surface area contributed by atoms with E-state index in [0.29, 0.717) is 25.8 Å². The molecule has 0 unspecified atom stereocenters. The van der Waals surface area contributed by atoms with E-state index in [-0.39, 0.29) is 18.4 Å². The van der Waals surface area contributed by atoms with Crippen LogP contribution in [-0.4, -0.2) is 36.2 Å². The van der Waals surface area contributed by atoms with E-state index < -0.39 is 0 Å². The minimum atomic E-state index is -0.146. The number of amides is 3. The van der Waals surface area contributed by atoms with E-state index in [9.17, 15) is 14.4 Å². The van der Waals surface area contributed by atoms with Crippen LogP contribution in [-0.2, 0) is 14.4 Å². The Bertz CT molecular complexity index is 508. The summed E-state index contributed by atoms with van der Waals surface area (Å²) in [7, 11) is 0. The van der Waals surface area contributed by atoms with Gasteiger partial charge in [0.15, 0.2) is 0 Å². The van der Waals surface area contributed by atoms with Crippen LogP contribution in [0.1, 0.15) is 50.0 Å². The molecular formula is C18H24N2O3. The maximum atomic E-state index is 11.0. The van der Waals surface area contributed by atoms with E-state index in [2.05, 4.69) is 35.6 Å². The molecule has 1 aliphatic heterocycles. The molecule has 2 fully saturated rings. The molecule has 1 N–H and O–H groups in total. The molecule has 3 rings (SSSR count). The van der Waals surface area contributed by atoms with Crippen molar-refractivity contribution in [3.05, 3.63) is 35.9 Å². The number of benzene rings is 1. The molecule has 1 aromatic rings. The molecule has 124 valence electrons. The zero-order chi connectivity index (χ0) is 16.5. The third kappa shape index (κ3) is 5.20. The Kier molecular flexibility index (Phi) is 6.78. The van der Waals surface area contributed by atoms with Gasteiger partial charge in [0.25, 0.3) is 0 Å². The van der Waals surface area contributed by atoms with Crippen LogP contribution in [0.2, 0.25) is 0 Å². The van der Waals surface area contributed by atoms with Crippen molar-refractivity contribution in [2.24, 2.45) is 0 Å². The first-order valence-corrected chi connectivity index (χ1v) is 8.27. The number of likely N-dealkylation sites (tertiary alicyclic amines) is 1. The standard InChI is InChI=1S/C11H14.C7H10N2O3/c1-2-6-10(7-3-1)11-8-4-5-9-11;10-5-8-3-4-9-6(11)1-2-7(9)12/h1-3,6-7,11H,4-5,8-9H2;5H,1-4H2,(H,8,10). The quantitative estimate of drug-likeness (QED) is 0.514. The van der Waals surface area contributed by atoms with Crippen molar-refractivity contribution in [2.45, 2.75) is 44.4 Å². The summed E-state index contributed by atoms with van der Waals surface area (Å²) in [5.74, 6) is 0.580. The normalized spacial score (nSPS) is 17.8. The van der Waals surface area contributed by atoms with Gasteiger partial charge in [-0.15, -0.1) is 0 Å². The van der Waals surface area contributed by atoms with Crippen LogP contribution in [0.3, 0.4) is 0 Å². The fraction of sp³-hybridized carbons (Fsp3) is 0.500. The number of rotatable bonds is 5. The number of imide groups is 1. The molecule has 3 amide bonds. The van der Waals surface area contributed by atoms with Crippen LogP contribution in [0.15, 0.2) is 30.3 Å². The Morgan fingerprint density at radius 3 is 2.22 bits per heavy atom. The van der Waals surface area contributed by atoms with Crippen molar-refractivity contribution in [3.63, 3.8) is 0 Å². The van der Waals surface area contributed by atoms with E-state index in [1.165, 1.54) is 30.6 Å². The molecule has 0 radical (unpaired) electrons. The molecule has 5 nitrogen and oxygen atoms in total. The number of nitrogens with zero attached hydrogens (tertiary/aromatic N) is 1. The third-order valence-electron chi connectivity index (χ3n) is 4.34. The highest BCUT2D eigenvalue weighted by Gasteiger charge is 2.27. The first-order valence-electron chi connectivity index (χ1n) is 8.27. The average Bonchev–Trinajstić information content (AvgIpc) is 3.22. The fourth-order valence-corrected chi connectivity index (χ4v) is 3.09. The van der Waals surface area contributed by atoms with Gasteiger partial charge in [-0.05, 0) is 24.3 Å². The molecular weight excluding hydrogens is 292 g/mol. The van der Waals surface area contributed by atoms with Gasteiger partial charge in [0.2, 0.25) is 18.2 Å². The second-order valence-electron chi connectivity index (χ2n) is 5.90. The second-order valence-corrected chi connectivity index (χ2v) is 5.90. The van der Waals surface area contributed by atoms with Gasteiger partial charge in [-0.1, -0.05) is 43.2 Å². The summed E-state index contributed by atoms with van der Waals surface area (Å²) in [6, 6.07) is 10.9. The molecule has 0 aromatic heterocycles. The lowest BCUT2D eigenvalue weighted by Crippen LogP contribution is -2.35. The molecule has 1 heterocycles. The summed E-state index contributed by atoms with van der Waals surface area (Å²) in [5.41, 5.74) is 1.55. The number of hydrogen-bond donors (Lipinski definition) is 1. The SMILES string of the molecule is O=CNCCN1C(=O)CCC1=O.c1ccc(C2CCCC2)cc1. The molecule has 0 atom stereocenters. The third-order valence-corrected chi connectivity index (χ3v) is 4.34. The minimum Gasteiger partial charge on any atom is -0.357 e. The number of hydrogen-bond acceptors (Lipinski definition) is 3. The molecule has 2 aliphatic rings. The lowest BCUT2D eigenvalue weighted by Gasteiger charge is -2.12. The molecule has 0 spiro atoms. The smallest absolute Gasteiger partial charge is 0.229 e. The molecule has 1 saturated carbocycles. The summed E-state index contributed by atoms with van der Waals surface area (Å²) < 4.78 is 0. The van der Waals surface area contributed by atoms with E-state index in [0.717, 1.165) is 5.92 Å². The van der Waals surface area contributed by atoms with Crippen LogP contribution in [0, 0.1) is 0 Å². The largest absolute Gasteiger partial charge is 0.357 e. The van der Waals surface area contributed by atoms with Crippen LogP contribution in [0.4, 0.5) is 0 Å². The molecule has 23 heavy (non-hydrogen) atoms. The highest BCUT2D eigenvalue weighted by Crippen LogP contribution is 2.33. The lowest BCUT2D eigenvalue weighted by atomic mass is 9.98. The van der Waals surface area contributed by atoms with Gasteiger partial charge in [-0.2, -0.15) is 0 Å². The number of carbonyl (C=O) groups is 3. The van der Waals surface area contributed by atoms with Gasteiger partial charge < -0.3 is 5.32 Å². The maximum Gasteiger partial charge on any atom is 0.229 e. The second kappa shape index (κ2) is 9.08. The summed E-state index contributed by atoms with van der Waals surface area (Å²) >= 11 is 0. The van der Waals surface area contributed by atoms with Crippen molar-refractivity contribution in [1.29, 1.82) is 0 Å². The molecule has 5 heteroatoms. The van der Waals surface area contributed by atoms with Crippen molar-refractivity contribution < 1.29 is 14.4 Å². The molecule has 1 saturated heterocycles. The van der Waals surface area contributed by atoms with Crippen LogP contribution >= 0.6 is 0 Å². The highest BCUT2D eigenvalue weighted by molar-refractivity contribution is 6.01. The highest BCUT2D eigenvalue weighted by atomic mass is 16.2. The van der Waals surface area contributed by atoms with Gasteiger partial charge in [-0.3, -0.25) is 19.3 Å². The maximum absolute atomic E-state index is 11.0. The van der Waals surface area contributed by atoms with E-state index >= 15 is 0 Å². The van der Waals surface area contributed by atoms with Crippen molar-refractivity contribution in [2.75, 3.05) is 13.1 Å². The predicted octanol–water partition coefficient (Wildman–Crippen LogP) is 2.23. The van der Waals surface area contributed by atoms with Gasteiger partial charge in [0.1, 0.15) is 0 Å². The molecule has 1 aliphatic carbocycles. The number of carbonyl (C=O) groups excluding carboxylic acids is 3. The van der Waals surface area contributed by atoms with E-state index in [4.69, 9.17) is 0 Å². The Morgan fingerprint density at radius 1 is 1.04 bits per heavy atom. The van der Waals surface area contributed by atoms with Crippen molar-refractivity contribution >= 4 is 18.2 Å². The van der Waals surface area contributed by atoms with Gasteiger partial charge >= 0.3 is 0 Å². The Hall–Kier alpha value is -2.17. The first kappa shape index (κ1) is 17.2. The van der Waals surface area contributed by atoms with E-state index in [1.54, 1.807) is 5.56 Å². The van der Waals surface area contributed by atoms with E-state index in [1.807, 2.05) is 0 Å². The summed E-state index contributed by atoms with van der Waals surface area (Å²) in [6.45, 7) is 0.622. The molecule has 1 aromatic carbocycles. The number of nitrogens with one attached hydrogen (secondary N) is 1. The van der Waals surface area contributed by atoms with Gasteiger partial charge in [-0.25, -0.2) is 0 Å². The first-order chi connectivity index (χ1) is 11.2. The zero-order valence-corrected chi connectivity index (χ0v) is 13.4. The summed E-state index contributed by atoms with van der Waals surface area (Å²) in [6.07, 6.45) is 6.83. The van der Waals surface area contributed by atoms with Crippen LogP contribution in [0.5, 0.6) is 0 Å². The molecule has 0 bridgehead atoms. The zero-order valence-electron chi connectivity index (χ0n) is 13.4. The predicted molar refractivity (Wildman–Crippen MR) is 87.7 cm³/mol. The van der Waals surface area contributed by atoms with Gasteiger partial charge in [0.05, 0.1) is 0 Å². The topological polar surface area (TPSA) is 66.5 Å². The van der Waals surface area contributed by atoms with Crippen molar-refractivity contribution in [3.8, 4) is 0 Å². The Balaban J connectivity index is 0.000000167. The fourth-order valence-electron chi connectivity index (χ4n) is 3.09. The summed E-state index contributed by atoms with van der Waals surface area (Å²) in [5, 5.41) is 2.39. The Morgan fingerprint density at radius 2 is 1.65 bits per heavy atom.